The zero-order valence-electron chi connectivity index (χ0n) is 14.9. The number of phenolic OH excluding ortho intramolecular Hbond substituents is 1. The summed E-state index contributed by atoms with van der Waals surface area (Å²) in [4.78, 5) is 0. The molecule has 0 fully saturated rings. The first kappa shape index (κ1) is 18.5. The van der Waals surface area contributed by atoms with Crippen molar-refractivity contribution in [2.45, 2.75) is 18.4 Å². The number of hydrogen-bond acceptors (Lipinski definition) is 4. The van der Waals surface area contributed by atoms with Crippen molar-refractivity contribution in [3.63, 3.8) is 0 Å². The highest BCUT2D eigenvalue weighted by atomic mass is 35.5. The lowest BCUT2D eigenvalue weighted by molar-refractivity contribution is 0.146. The quantitative estimate of drug-likeness (QED) is 0.505. The van der Waals surface area contributed by atoms with E-state index in [-0.39, 0.29) is 28.6 Å². The Kier molecular flexibility index (Phi) is 5.22. The van der Waals surface area contributed by atoms with Gasteiger partial charge in [0.05, 0.1) is 17.7 Å². The number of fused-ring (bicyclic) bond motifs is 3. The van der Waals surface area contributed by atoms with E-state index in [1.165, 1.54) is 5.56 Å². The van der Waals surface area contributed by atoms with Crippen molar-refractivity contribution in [2.24, 2.45) is 5.92 Å². The van der Waals surface area contributed by atoms with Crippen LogP contribution in [0.2, 0.25) is 10.0 Å². The Morgan fingerprint density at radius 1 is 1.15 bits per heavy atom. The predicted molar refractivity (Wildman–Crippen MR) is 108 cm³/mol. The molecule has 3 atom stereocenters. The smallest absolute Gasteiger partial charge is 0.139 e. The third kappa shape index (κ3) is 3.49. The van der Waals surface area contributed by atoms with Gasteiger partial charge in [0, 0.05) is 29.3 Å². The highest BCUT2D eigenvalue weighted by molar-refractivity contribution is 6.35. The Bertz CT molecular complexity index is 884. The first-order valence-corrected chi connectivity index (χ1v) is 9.71. The number of rotatable bonds is 5. The molecule has 142 valence electrons. The zero-order valence-corrected chi connectivity index (χ0v) is 16.4. The van der Waals surface area contributed by atoms with Crippen LogP contribution in [0.5, 0.6) is 11.5 Å². The normalized spacial score (nSPS) is 22.9. The van der Waals surface area contributed by atoms with Gasteiger partial charge in [0.2, 0.25) is 0 Å². The first-order valence-electron chi connectivity index (χ1n) is 8.95. The number of phenols is 1. The summed E-state index contributed by atoms with van der Waals surface area (Å²) in [7, 11) is 1.66. The molecule has 6 heteroatoms. The Balaban J connectivity index is 1.69. The van der Waals surface area contributed by atoms with E-state index in [1.54, 1.807) is 19.2 Å². The minimum Gasteiger partial charge on any atom is -0.506 e. The molecule has 4 nitrogen and oxygen atoms in total. The number of nitrogens with one attached hydrogen (secondary N) is 1. The molecule has 2 aromatic rings. The molecule has 2 N–H and O–H groups in total. The summed E-state index contributed by atoms with van der Waals surface area (Å²) < 4.78 is 10.8. The van der Waals surface area contributed by atoms with Gasteiger partial charge in [-0.15, -0.1) is 0 Å². The third-order valence-electron chi connectivity index (χ3n) is 5.28. The molecule has 0 aromatic heterocycles. The fourth-order valence-corrected chi connectivity index (χ4v) is 4.55. The van der Waals surface area contributed by atoms with Crippen molar-refractivity contribution < 1.29 is 14.6 Å². The highest BCUT2D eigenvalue weighted by Crippen LogP contribution is 2.52. The van der Waals surface area contributed by atoms with E-state index in [1.807, 2.05) is 12.1 Å². The molecule has 0 amide bonds. The first-order chi connectivity index (χ1) is 13.1. The molecule has 2 aromatic carbocycles. The third-order valence-corrected chi connectivity index (χ3v) is 5.79. The van der Waals surface area contributed by atoms with Gasteiger partial charge in [-0.2, -0.15) is 0 Å². The summed E-state index contributed by atoms with van der Waals surface area (Å²) in [6.45, 7) is 1.07. The average Bonchev–Trinajstić information content (AvgIpc) is 3.14. The van der Waals surface area contributed by atoms with Crippen LogP contribution in [0.1, 0.15) is 29.5 Å². The molecule has 0 saturated carbocycles. The van der Waals surface area contributed by atoms with Gasteiger partial charge in [-0.05, 0) is 48.2 Å². The molecule has 27 heavy (non-hydrogen) atoms. The van der Waals surface area contributed by atoms with Crippen LogP contribution in [0.25, 0.3) is 0 Å². The van der Waals surface area contributed by atoms with Crippen molar-refractivity contribution in [3.05, 3.63) is 63.7 Å². The Labute approximate surface area is 168 Å². The van der Waals surface area contributed by atoms with E-state index in [0.29, 0.717) is 18.2 Å². The molecule has 0 saturated heterocycles. The van der Waals surface area contributed by atoms with Gasteiger partial charge >= 0.3 is 0 Å². The molecule has 3 unspecified atom stereocenters. The second kappa shape index (κ2) is 7.63. The maximum Gasteiger partial charge on any atom is 0.139 e. The summed E-state index contributed by atoms with van der Waals surface area (Å²) in [6.07, 6.45) is 5.35. The van der Waals surface area contributed by atoms with Crippen LogP contribution in [0.4, 0.5) is 5.69 Å². The van der Waals surface area contributed by atoms with Gasteiger partial charge in [0.1, 0.15) is 18.1 Å². The topological polar surface area (TPSA) is 50.7 Å². The molecule has 2 aliphatic rings. The molecular formula is C21H21Cl2NO3. The molecule has 1 aliphatic heterocycles. The summed E-state index contributed by atoms with van der Waals surface area (Å²) in [6, 6.07) is 9.34. The van der Waals surface area contributed by atoms with Crippen LogP contribution in [0, 0.1) is 5.92 Å². The van der Waals surface area contributed by atoms with Gasteiger partial charge in [-0.25, -0.2) is 0 Å². The molecule has 0 bridgehead atoms. The lowest BCUT2D eigenvalue weighted by atomic mass is 9.77. The minimum atomic E-state index is -0.0750. The van der Waals surface area contributed by atoms with Crippen LogP contribution in [0.15, 0.2) is 42.5 Å². The molecule has 4 rings (SSSR count). The Hall–Kier alpha value is -1.88. The van der Waals surface area contributed by atoms with Crippen LogP contribution in [-0.4, -0.2) is 25.4 Å². The monoisotopic (exact) mass is 405 g/mol. The summed E-state index contributed by atoms with van der Waals surface area (Å²) in [5, 5.41) is 14.9. The van der Waals surface area contributed by atoms with Crippen molar-refractivity contribution in [2.75, 3.05) is 25.6 Å². The lowest BCUT2D eigenvalue weighted by Gasteiger charge is -2.38. The summed E-state index contributed by atoms with van der Waals surface area (Å²) >= 11 is 12.4. The number of allylic oxidation sites excluding steroid dienone is 2. The van der Waals surface area contributed by atoms with Gasteiger partial charge in [0.25, 0.3) is 0 Å². The Morgan fingerprint density at radius 3 is 2.81 bits per heavy atom. The fourth-order valence-electron chi connectivity index (χ4n) is 4.04. The fraction of sp³-hybridized carbons (Fsp3) is 0.333. The predicted octanol–water partition coefficient (Wildman–Crippen LogP) is 5.55. The maximum atomic E-state index is 10.5. The number of anilines is 1. The number of hydrogen-bond donors (Lipinski definition) is 2. The average molecular weight is 406 g/mol. The second-order valence-corrected chi connectivity index (χ2v) is 7.73. The number of methoxy groups -OCH3 is 1. The maximum absolute atomic E-state index is 10.5. The van der Waals surface area contributed by atoms with Gasteiger partial charge in [-0.3, -0.25) is 0 Å². The molecule has 0 radical (unpaired) electrons. The van der Waals surface area contributed by atoms with E-state index < -0.39 is 0 Å². The number of ether oxygens (including phenoxy) is 2. The molecule has 0 spiro atoms. The molecule has 1 heterocycles. The van der Waals surface area contributed by atoms with E-state index in [4.69, 9.17) is 32.7 Å². The van der Waals surface area contributed by atoms with Crippen LogP contribution < -0.4 is 10.1 Å². The van der Waals surface area contributed by atoms with Crippen molar-refractivity contribution in [1.82, 2.24) is 0 Å². The minimum absolute atomic E-state index is 0.0750. The lowest BCUT2D eigenvalue weighted by Crippen LogP contribution is -2.29. The van der Waals surface area contributed by atoms with E-state index >= 15 is 0 Å². The zero-order chi connectivity index (χ0) is 19.0. The van der Waals surface area contributed by atoms with E-state index in [9.17, 15) is 5.11 Å². The van der Waals surface area contributed by atoms with E-state index in [0.717, 1.165) is 23.4 Å². The van der Waals surface area contributed by atoms with Crippen molar-refractivity contribution in [3.8, 4) is 11.5 Å². The van der Waals surface area contributed by atoms with E-state index in [2.05, 4.69) is 23.5 Å². The SMILES string of the molecule is COCCOc1ccc2c(c1)C1C=CCC1C(c1cc(Cl)cc(Cl)c1O)N2. The van der Waals surface area contributed by atoms with Crippen molar-refractivity contribution in [1.29, 1.82) is 0 Å². The standard InChI is InChI=1S/C21H21Cl2NO3/c1-26-7-8-27-13-5-6-19-16(11-13)14-3-2-4-15(14)20(24-19)17-9-12(22)10-18(23)21(17)25/h2-3,5-6,9-11,14-15,20,24-25H,4,7-8H2,1H3. The number of benzene rings is 2. The second-order valence-electron chi connectivity index (χ2n) is 6.89. The molecular weight excluding hydrogens is 385 g/mol. The van der Waals surface area contributed by atoms with Gasteiger partial charge < -0.3 is 19.9 Å². The highest BCUT2D eigenvalue weighted by Gasteiger charge is 2.39. The number of aromatic hydroxyl groups is 1. The van der Waals surface area contributed by atoms with Crippen LogP contribution >= 0.6 is 23.2 Å². The van der Waals surface area contributed by atoms with Gasteiger partial charge in [-0.1, -0.05) is 35.4 Å². The summed E-state index contributed by atoms with van der Waals surface area (Å²) in [5.74, 6) is 1.44. The molecule has 1 aliphatic carbocycles. The number of halogens is 2. The van der Waals surface area contributed by atoms with Crippen LogP contribution in [-0.2, 0) is 4.74 Å². The van der Waals surface area contributed by atoms with Crippen LogP contribution in [0.3, 0.4) is 0 Å². The van der Waals surface area contributed by atoms with Crippen molar-refractivity contribution >= 4 is 28.9 Å². The Morgan fingerprint density at radius 2 is 2.00 bits per heavy atom. The van der Waals surface area contributed by atoms with Gasteiger partial charge in [0.15, 0.2) is 0 Å². The summed E-state index contributed by atoms with van der Waals surface area (Å²) in [5.41, 5.74) is 2.96. The largest absolute Gasteiger partial charge is 0.506 e.